The second-order valence-corrected chi connectivity index (χ2v) is 6.34. The SMILES string of the molecule is Cc1cccc(NC(=O)NCC(O)CN2CCC(C)CC2)c1. The van der Waals surface area contributed by atoms with E-state index in [-0.39, 0.29) is 12.6 Å². The van der Waals surface area contributed by atoms with Crippen LogP contribution in [0.25, 0.3) is 0 Å². The number of rotatable bonds is 5. The molecule has 0 spiro atoms. The van der Waals surface area contributed by atoms with Crippen molar-refractivity contribution in [2.75, 3.05) is 31.5 Å². The summed E-state index contributed by atoms with van der Waals surface area (Å²) < 4.78 is 0. The number of likely N-dealkylation sites (tertiary alicyclic amines) is 1. The van der Waals surface area contributed by atoms with Crippen LogP contribution in [0.3, 0.4) is 0 Å². The Morgan fingerprint density at radius 1 is 1.41 bits per heavy atom. The van der Waals surface area contributed by atoms with E-state index in [9.17, 15) is 9.90 Å². The molecule has 22 heavy (non-hydrogen) atoms. The van der Waals surface area contributed by atoms with E-state index < -0.39 is 6.10 Å². The fourth-order valence-electron chi connectivity index (χ4n) is 2.72. The molecule has 0 radical (unpaired) electrons. The van der Waals surface area contributed by atoms with Crippen LogP contribution in [0.5, 0.6) is 0 Å². The first-order valence-corrected chi connectivity index (χ1v) is 8.05. The third-order valence-electron chi connectivity index (χ3n) is 4.12. The summed E-state index contributed by atoms with van der Waals surface area (Å²) in [6.45, 7) is 7.21. The largest absolute Gasteiger partial charge is 0.390 e. The molecule has 1 heterocycles. The standard InChI is InChI=1S/C17H27N3O2/c1-13-6-8-20(9-7-13)12-16(21)11-18-17(22)19-15-5-3-4-14(2)10-15/h3-5,10,13,16,21H,6-9,11-12H2,1-2H3,(H2,18,19,22). The Balaban J connectivity index is 1.67. The molecular weight excluding hydrogens is 278 g/mol. The minimum Gasteiger partial charge on any atom is -0.390 e. The van der Waals surface area contributed by atoms with Gasteiger partial charge in [-0.2, -0.15) is 0 Å². The predicted octanol–water partition coefficient (Wildman–Crippen LogP) is 2.21. The molecule has 1 aliphatic heterocycles. The van der Waals surface area contributed by atoms with Gasteiger partial charge in [-0.3, -0.25) is 0 Å². The molecule has 2 rings (SSSR count). The Morgan fingerprint density at radius 2 is 2.14 bits per heavy atom. The lowest BCUT2D eigenvalue weighted by molar-refractivity contribution is 0.0924. The fourth-order valence-corrected chi connectivity index (χ4v) is 2.72. The molecule has 1 atom stereocenters. The first kappa shape index (κ1) is 16.8. The molecule has 1 aromatic rings. The highest BCUT2D eigenvalue weighted by Crippen LogP contribution is 2.15. The van der Waals surface area contributed by atoms with Gasteiger partial charge in [0.15, 0.2) is 0 Å². The zero-order chi connectivity index (χ0) is 15.9. The maximum Gasteiger partial charge on any atom is 0.319 e. The van der Waals surface area contributed by atoms with Gasteiger partial charge in [0.25, 0.3) is 0 Å². The number of carbonyl (C=O) groups is 1. The second-order valence-electron chi connectivity index (χ2n) is 6.34. The second kappa shape index (κ2) is 8.15. The molecule has 1 aromatic carbocycles. The van der Waals surface area contributed by atoms with Crippen LogP contribution in [-0.2, 0) is 0 Å². The zero-order valence-corrected chi connectivity index (χ0v) is 13.5. The van der Waals surface area contributed by atoms with Gasteiger partial charge >= 0.3 is 6.03 Å². The Bertz CT molecular complexity index is 485. The number of anilines is 1. The van der Waals surface area contributed by atoms with E-state index in [2.05, 4.69) is 22.5 Å². The number of aryl methyl sites for hydroxylation is 1. The van der Waals surface area contributed by atoms with Gasteiger partial charge < -0.3 is 20.6 Å². The monoisotopic (exact) mass is 305 g/mol. The molecule has 1 unspecified atom stereocenters. The summed E-state index contributed by atoms with van der Waals surface area (Å²) in [5.41, 5.74) is 1.86. The van der Waals surface area contributed by atoms with Crippen LogP contribution < -0.4 is 10.6 Å². The maximum atomic E-state index is 11.8. The number of nitrogens with zero attached hydrogens (tertiary/aromatic N) is 1. The first-order valence-electron chi connectivity index (χ1n) is 8.05. The Kier molecular flexibility index (Phi) is 6.21. The van der Waals surface area contributed by atoms with Crippen LogP contribution in [0.2, 0.25) is 0 Å². The van der Waals surface area contributed by atoms with Gasteiger partial charge in [0.2, 0.25) is 0 Å². The minimum absolute atomic E-state index is 0.268. The molecule has 0 bridgehead atoms. The molecule has 3 N–H and O–H groups in total. The van der Waals surface area contributed by atoms with E-state index >= 15 is 0 Å². The fraction of sp³-hybridized carbons (Fsp3) is 0.588. The van der Waals surface area contributed by atoms with E-state index in [1.54, 1.807) is 0 Å². The van der Waals surface area contributed by atoms with E-state index in [0.29, 0.717) is 6.54 Å². The van der Waals surface area contributed by atoms with Crippen LogP contribution in [0.4, 0.5) is 10.5 Å². The van der Waals surface area contributed by atoms with Gasteiger partial charge in [-0.15, -0.1) is 0 Å². The van der Waals surface area contributed by atoms with Gasteiger partial charge in [-0.05, 0) is 56.5 Å². The van der Waals surface area contributed by atoms with Gasteiger partial charge in [-0.1, -0.05) is 19.1 Å². The van der Waals surface area contributed by atoms with Crippen molar-refractivity contribution in [3.05, 3.63) is 29.8 Å². The lowest BCUT2D eigenvalue weighted by Crippen LogP contribution is -2.43. The lowest BCUT2D eigenvalue weighted by atomic mass is 9.99. The summed E-state index contributed by atoms with van der Waals surface area (Å²) in [6.07, 6.45) is 1.85. The highest BCUT2D eigenvalue weighted by molar-refractivity contribution is 5.89. The quantitative estimate of drug-likeness (QED) is 0.781. The molecule has 1 aliphatic rings. The molecule has 0 saturated carbocycles. The van der Waals surface area contributed by atoms with Crippen molar-refractivity contribution in [2.24, 2.45) is 5.92 Å². The van der Waals surface area contributed by atoms with Crippen LogP contribution in [0.1, 0.15) is 25.3 Å². The number of aliphatic hydroxyl groups excluding tert-OH is 1. The molecule has 1 fully saturated rings. The normalized spacial score (nSPS) is 18.0. The third kappa shape index (κ3) is 5.66. The summed E-state index contributed by atoms with van der Waals surface area (Å²) in [5.74, 6) is 0.784. The number of nitrogens with one attached hydrogen (secondary N) is 2. The van der Waals surface area contributed by atoms with Crippen LogP contribution in [-0.4, -0.2) is 48.3 Å². The molecule has 0 aliphatic carbocycles. The number of hydrogen-bond donors (Lipinski definition) is 3. The van der Waals surface area contributed by atoms with E-state index in [1.165, 1.54) is 12.8 Å². The highest BCUT2D eigenvalue weighted by Gasteiger charge is 2.18. The summed E-state index contributed by atoms with van der Waals surface area (Å²) >= 11 is 0. The summed E-state index contributed by atoms with van der Waals surface area (Å²) in [6, 6.07) is 7.35. The van der Waals surface area contributed by atoms with Crippen molar-refractivity contribution in [3.8, 4) is 0 Å². The van der Waals surface area contributed by atoms with E-state index in [4.69, 9.17) is 0 Å². The number of carbonyl (C=O) groups excluding carboxylic acids is 1. The van der Waals surface area contributed by atoms with Crippen molar-refractivity contribution in [3.63, 3.8) is 0 Å². The van der Waals surface area contributed by atoms with Crippen molar-refractivity contribution in [1.82, 2.24) is 10.2 Å². The third-order valence-corrected chi connectivity index (χ3v) is 4.12. The molecule has 1 saturated heterocycles. The minimum atomic E-state index is -0.531. The van der Waals surface area contributed by atoms with Gasteiger partial charge in [0, 0.05) is 18.8 Å². The van der Waals surface area contributed by atoms with Crippen LogP contribution in [0.15, 0.2) is 24.3 Å². The number of piperidine rings is 1. The Labute approximate surface area is 132 Å². The Hall–Kier alpha value is -1.59. The van der Waals surface area contributed by atoms with Crippen molar-refractivity contribution < 1.29 is 9.90 Å². The number of benzene rings is 1. The van der Waals surface area contributed by atoms with Gasteiger partial charge in [0.1, 0.15) is 0 Å². The van der Waals surface area contributed by atoms with Crippen molar-refractivity contribution in [2.45, 2.75) is 32.8 Å². The molecule has 0 aromatic heterocycles. The topological polar surface area (TPSA) is 64.6 Å². The number of hydrogen-bond acceptors (Lipinski definition) is 3. The number of aliphatic hydroxyl groups is 1. The lowest BCUT2D eigenvalue weighted by Gasteiger charge is -2.31. The molecule has 5 nitrogen and oxygen atoms in total. The van der Waals surface area contributed by atoms with E-state index in [1.807, 2.05) is 31.2 Å². The summed E-state index contributed by atoms with van der Waals surface area (Å²) in [7, 11) is 0. The van der Waals surface area contributed by atoms with Crippen LogP contribution >= 0.6 is 0 Å². The predicted molar refractivity (Wildman–Crippen MR) is 89.0 cm³/mol. The molecule has 5 heteroatoms. The molecular formula is C17H27N3O2. The molecule has 2 amide bonds. The first-order chi connectivity index (χ1) is 10.5. The zero-order valence-electron chi connectivity index (χ0n) is 13.5. The van der Waals surface area contributed by atoms with Crippen molar-refractivity contribution >= 4 is 11.7 Å². The number of urea groups is 1. The number of amides is 2. The average molecular weight is 305 g/mol. The molecule has 122 valence electrons. The smallest absolute Gasteiger partial charge is 0.319 e. The summed E-state index contributed by atoms with van der Waals surface area (Å²) in [4.78, 5) is 14.1. The highest BCUT2D eigenvalue weighted by atomic mass is 16.3. The number of β-amino-alcohol motifs (C(OH)–C–C–N with tert-alkyl or cyclic N) is 1. The van der Waals surface area contributed by atoms with Crippen molar-refractivity contribution in [1.29, 1.82) is 0 Å². The maximum absolute atomic E-state index is 11.8. The van der Waals surface area contributed by atoms with Gasteiger partial charge in [-0.25, -0.2) is 4.79 Å². The van der Waals surface area contributed by atoms with Gasteiger partial charge in [0.05, 0.1) is 6.10 Å². The summed E-state index contributed by atoms with van der Waals surface area (Å²) in [5, 5.41) is 15.5. The van der Waals surface area contributed by atoms with E-state index in [0.717, 1.165) is 30.3 Å². The average Bonchev–Trinajstić information content (AvgIpc) is 2.48. The van der Waals surface area contributed by atoms with Crippen LogP contribution in [0, 0.1) is 12.8 Å². The Morgan fingerprint density at radius 3 is 2.82 bits per heavy atom.